The summed E-state index contributed by atoms with van der Waals surface area (Å²) in [5, 5.41) is 42.5. The van der Waals surface area contributed by atoms with Gasteiger partial charge in [0.1, 0.15) is 11.6 Å². The van der Waals surface area contributed by atoms with Gasteiger partial charge in [-0.1, -0.05) is 52.0 Å². The molecule has 4 aromatic rings. The predicted molar refractivity (Wildman–Crippen MR) is 289 cm³/mol. The van der Waals surface area contributed by atoms with Crippen molar-refractivity contribution in [3.63, 3.8) is 0 Å². The van der Waals surface area contributed by atoms with Crippen LogP contribution in [0.25, 0.3) is 34.7 Å². The molecular formula is C54H76F2N6O12S2. The molecule has 2 fully saturated rings. The van der Waals surface area contributed by atoms with Crippen molar-refractivity contribution in [1.82, 2.24) is 19.9 Å². The summed E-state index contributed by atoms with van der Waals surface area (Å²) >= 11 is 0. The maximum Gasteiger partial charge on any atom is 0.239 e. The Kier molecular flexibility index (Phi) is 22.1. The van der Waals surface area contributed by atoms with Crippen molar-refractivity contribution in [2.24, 2.45) is 0 Å². The number of aliphatic hydroxyl groups excluding tert-OH is 4. The van der Waals surface area contributed by atoms with E-state index in [2.05, 4.69) is 19.9 Å². The molecule has 76 heavy (non-hydrogen) atoms. The Morgan fingerprint density at radius 3 is 1.14 bits per heavy atom. The average molecular weight is 1100 g/mol. The summed E-state index contributed by atoms with van der Waals surface area (Å²) in [5.74, 6) is -1.13. The highest BCUT2D eigenvalue weighted by Crippen LogP contribution is 2.34. The topological polar surface area (TPSA) is 244 Å². The fraction of sp³-hybridized carbons (Fsp3) is 0.556. The third-order valence-electron chi connectivity index (χ3n) is 12.6. The molecule has 2 saturated heterocycles. The molecule has 2 aliphatic heterocycles. The third-order valence-corrected chi connectivity index (χ3v) is 14.9. The van der Waals surface area contributed by atoms with Gasteiger partial charge < -0.3 is 39.4 Å². The van der Waals surface area contributed by atoms with Crippen LogP contribution >= 0.6 is 0 Å². The minimum Gasteiger partial charge on any atom is -0.393 e. The molecule has 0 unspecified atom stereocenters. The molecule has 0 amide bonds. The van der Waals surface area contributed by atoms with E-state index < -0.39 is 68.7 Å². The Bertz CT molecular complexity index is 2620. The van der Waals surface area contributed by atoms with Gasteiger partial charge in [-0.05, 0) is 101 Å². The number of anilines is 2. The van der Waals surface area contributed by atoms with Crippen LogP contribution in [-0.4, -0.2) is 145 Å². The number of aliphatic hydroxyl groups is 4. The van der Waals surface area contributed by atoms with Crippen molar-refractivity contribution in [3.8, 4) is 22.5 Å². The Hall–Kier alpha value is -4.88. The Labute approximate surface area is 447 Å². The molecule has 0 saturated carbocycles. The first-order valence-corrected chi connectivity index (χ1v) is 29.1. The van der Waals surface area contributed by atoms with Gasteiger partial charge in [0.25, 0.3) is 0 Å². The number of aromatic nitrogens is 4. The lowest BCUT2D eigenvalue weighted by Gasteiger charge is -2.33. The summed E-state index contributed by atoms with van der Waals surface area (Å²) < 4.78 is 101. The maximum atomic E-state index is 13.7. The van der Waals surface area contributed by atoms with Crippen LogP contribution in [0, 0.1) is 11.6 Å². The molecule has 0 radical (unpaired) electrons. The average Bonchev–Trinajstić information content (AvgIpc) is 3.31. The summed E-state index contributed by atoms with van der Waals surface area (Å²) in [5.41, 5.74) is 4.14. The predicted octanol–water partition coefficient (Wildman–Crippen LogP) is 7.71. The quantitative estimate of drug-likeness (QED) is 0.0662. The first-order chi connectivity index (χ1) is 35.5. The number of halogens is 2. The number of hydrogen-bond donors (Lipinski definition) is 4. The summed E-state index contributed by atoms with van der Waals surface area (Å²) in [6.45, 7) is 15.5. The second-order valence-electron chi connectivity index (χ2n) is 20.3. The SMILES string of the molecule is CC(C)c1nc(N(C)S(C)(=O)=O)nc(-c2ccc(F)cc2)c1/C=C/[C@@H](O)C[C@@H](O)CC1O[C@@H](C)C[C@H](C)O1.CC(C)c1nc(N(C)S(C)(=O)=O)nc(-c2ccc(F)cc2)c1/C=C/[C@@H](O)C[C@@H](O)CC1O[C@H](C)C[C@@H](C)O1. The smallest absolute Gasteiger partial charge is 0.239 e. The van der Waals surface area contributed by atoms with Crippen LogP contribution in [0.5, 0.6) is 0 Å². The largest absolute Gasteiger partial charge is 0.393 e. The van der Waals surface area contributed by atoms with Crippen LogP contribution in [0.3, 0.4) is 0 Å². The number of nitrogens with zero attached hydrogens (tertiary/aromatic N) is 6. The molecule has 0 spiro atoms. The summed E-state index contributed by atoms with van der Waals surface area (Å²) in [6.07, 6.45) is 5.99. The van der Waals surface area contributed by atoms with Gasteiger partial charge in [0.2, 0.25) is 31.9 Å². The van der Waals surface area contributed by atoms with Gasteiger partial charge in [-0.25, -0.2) is 54.2 Å². The van der Waals surface area contributed by atoms with Crippen LogP contribution in [0.2, 0.25) is 0 Å². The number of hydrogen-bond acceptors (Lipinski definition) is 16. The summed E-state index contributed by atoms with van der Waals surface area (Å²) in [6, 6.07) is 11.4. The van der Waals surface area contributed by atoms with E-state index in [0.717, 1.165) is 34.0 Å². The van der Waals surface area contributed by atoms with Crippen molar-refractivity contribution in [2.45, 2.75) is 167 Å². The first-order valence-electron chi connectivity index (χ1n) is 25.4. The Morgan fingerprint density at radius 1 is 0.566 bits per heavy atom. The molecule has 4 heterocycles. The van der Waals surface area contributed by atoms with Crippen LogP contribution in [0.15, 0.2) is 60.7 Å². The van der Waals surface area contributed by atoms with Gasteiger partial charge in [0.15, 0.2) is 12.6 Å². The molecule has 2 aromatic heterocycles. The normalized spacial score (nSPS) is 22.1. The van der Waals surface area contributed by atoms with Gasteiger partial charge in [-0.2, -0.15) is 0 Å². The van der Waals surface area contributed by atoms with Gasteiger partial charge in [-0.15, -0.1) is 0 Å². The first kappa shape index (κ1) is 62.0. The van der Waals surface area contributed by atoms with Crippen molar-refractivity contribution in [1.29, 1.82) is 0 Å². The van der Waals surface area contributed by atoms with Crippen molar-refractivity contribution >= 4 is 44.1 Å². The standard InChI is InChI=1S/2C27H38FN3O6S/c2*1-16(2)25-23(12-11-21(32)14-22(33)15-24-36-17(3)13-18(4)37-24)26(19-7-9-20(28)10-8-19)30-27(29-25)31(5)38(6,34)35/h2*7-12,16-18,21-22,24,32-33H,13-15H2,1-6H3/b2*12-11+/t17-,18-,21+,22+;17-,18-,21-,22-/m01/s1. The van der Waals surface area contributed by atoms with E-state index in [0.29, 0.717) is 45.0 Å². The van der Waals surface area contributed by atoms with E-state index in [1.807, 2.05) is 55.4 Å². The van der Waals surface area contributed by atoms with E-state index in [4.69, 9.17) is 18.9 Å². The molecule has 0 aliphatic carbocycles. The molecule has 0 bridgehead atoms. The van der Waals surface area contributed by atoms with Crippen LogP contribution in [0.1, 0.15) is 128 Å². The zero-order valence-corrected chi connectivity index (χ0v) is 47.0. The number of benzene rings is 2. The molecule has 420 valence electrons. The van der Waals surface area contributed by atoms with Gasteiger partial charge >= 0.3 is 0 Å². The van der Waals surface area contributed by atoms with E-state index in [1.54, 1.807) is 36.4 Å². The number of rotatable bonds is 20. The molecule has 4 N–H and O–H groups in total. The lowest BCUT2D eigenvalue weighted by Crippen LogP contribution is -2.37. The zero-order valence-electron chi connectivity index (χ0n) is 45.4. The van der Waals surface area contributed by atoms with E-state index in [9.17, 15) is 46.0 Å². The highest BCUT2D eigenvalue weighted by atomic mass is 32.2. The lowest BCUT2D eigenvalue weighted by atomic mass is 9.97. The molecule has 2 aliphatic rings. The second-order valence-corrected chi connectivity index (χ2v) is 24.4. The van der Waals surface area contributed by atoms with Crippen LogP contribution in [0.4, 0.5) is 20.7 Å². The fourth-order valence-electron chi connectivity index (χ4n) is 8.64. The highest BCUT2D eigenvalue weighted by molar-refractivity contribution is 7.92. The number of ether oxygens (including phenoxy) is 4. The lowest BCUT2D eigenvalue weighted by molar-refractivity contribution is -0.244. The Morgan fingerprint density at radius 2 is 0.868 bits per heavy atom. The monoisotopic (exact) mass is 1100 g/mol. The van der Waals surface area contributed by atoms with Crippen LogP contribution in [-0.2, 0) is 39.0 Å². The fourth-order valence-corrected chi connectivity index (χ4v) is 9.39. The Balaban J connectivity index is 0.000000281. The molecule has 6 rings (SSSR count). The third kappa shape index (κ3) is 18.1. The molecule has 22 heteroatoms. The van der Waals surface area contributed by atoms with Crippen molar-refractivity contribution in [2.75, 3.05) is 35.2 Å². The van der Waals surface area contributed by atoms with E-state index in [1.165, 1.54) is 50.5 Å². The second kappa shape index (κ2) is 27.1. The maximum absolute atomic E-state index is 13.7. The minimum atomic E-state index is -3.63. The zero-order chi connectivity index (χ0) is 56.4. The molecule has 8 atom stereocenters. The minimum absolute atomic E-state index is 0.0143. The van der Waals surface area contributed by atoms with Gasteiger partial charge in [-0.3, -0.25) is 0 Å². The summed E-state index contributed by atoms with van der Waals surface area (Å²) in [7, 11) is -4.53. The van der Waals surface area contributed by atoms with Crippen molar-refractivity contribution < 1.29 is 65.0 Å². The van der Waals surface area contributed by atoms with Crippen LogP contribution < -0.4 is 8.61 Å². The molecular weight excluding hydrogens is 1030 g/mol. The number of sulfonamides is 2. The van der Waals surface area contributed by atoms with E-state index in [-0.39, 0.29) is 73.8 Å². The van der Waals surface area contributed by atoms with Gasteiger partial charge in [0, 0.05) is 62.0 Å². The molecule has 2 aromatic carbocycles. The van der Waals surface area contributed by atoms with Crippen molar-refractivity contribution in [3.05, 3.63) is 94.8 Å². The van der Waals surface area contributed by atoms with E-state index >= 15 is 0 Å². The van der Waals surface area contributed by atoms with Gasteiger partial charge in [0.05, 0.1) is 84.1 Å². The highest BCUT2D eigenvalue weighted by Gasteiger charge is 2.30. The summed E-state index contributed by atoms with van der Waals surface area (Å²) in [4.78, 5) is 18.1. The molecule has 18 nitrogen and oxygen atoms in total.